The molecule has 16 heavy (non-hydrogen) atoms. The molecule has 88 valence electrons. The van der Waals surface area contributed by atoms with E-state index in [0.717, 1.165) is 9.35 Å². The lowest BCUT2D eigenvalue weighted by molar-refractivity contribution is -0.135. The van der Waals surface area contributed by atoms with Gasteiger partial charge in [-0.2, -0.15) is 0 Å². The van der Waals surface area contributed by atoms with Gasteiger partial charge in [-0.3, -0.25) is 9.59 Å². The minimum absolute atomic E-state index is 0.369. The smallest absolute Gasteiger partial charge is 0.322 e. The third-order valence-electron chi connectivity index (χ3n) is 1.78. The lowest BCUT2D eigenvalue weighted by Gasteiger charge is -2.03. The minimum Gasteiger partial charge on any atom is -0.494 e. The first-order valence-corrected chi connectivity index (χ1v) is 5.91. The fourth-order valence-electron chi connectivity index (χ4n) is 1.07. The maximum atomic E-state index is 11.6. The zero-order valence-corrected chi connectivity index (χ0v) is 11.1. The quantitative estimate of drug-likeness (QED) is 0.886. The summed E-state index contributed by atoms with van der Waals surface area (Å²) in [6, 6.07) is 0. The van der Waals surface area contributed by atoms with E-state index in [9.17, 15) is 9.59 Å². The molecule has 1 rings (SSSR count). The van der Waals surface area contributed by atoms with E-state index in [-0.39, 0.29) is 0 Å². The Morgan fingerprint density at radius 3 is 2.69 bits per heavy atom. The highest BCUT2D eigenvalue weighted by molar-refractivity contribution is 9.10. The second-order valence-electron chi connectivity index (χ2n) is 2.91. The Morgan fingerprint density at radius 2 is 2.19 bits per heavy atom. The molecule has 0 aliphatic rings. The summed E-state index contributed by atoms with van der Waals surface area (Å²) in [4.78, 5) is 23.2. The van der Waals surface area contributed by atoms with E-state index < -0.39 is 18.4 Å². The number of ether oxygens (including phenoxy) is 1. The van der Waals surface area contributed by atoms with E-state index in [4.69, 9.17) is 9.84 Å². The van der Waals surface area contributed by atoms with E-state index in [1.165, 1.54) is 18.4 Å². The molecule has 5 nitrogen and oxygen atoms in total. The molecular weight excluding hydrogens is 298 g/mol. The van der Waals surface area contributed by atoms with Crippen molar-refractivity contribution >= 4 is 39.1 Å². The normalized spacial score (nSPS) is 9.94. The van der Waals surface area contributed by atoms with E-state index in [0.29, 0.717) is 10.6 Å². The molecule has 1 aromatic rings. The van der Waals surface area contributed by atoms with Crippen LogP contribution in [-0.4, -0.2) is 30.6 Å². The number of carbonyl (C=O) groups excluding carboxylic acids is 1. The molecule has 7 heteroatoms. The van der Waals surface area contributed by atoms with Gasteiger partial charge in [-0.15, -0.1) is 11.3 Å². The van der Waals surface area contributed by atoms with Crippen molar-refractivity contribution in [1.82, 2.24) is 5.32 Å². The summed E-state index contributed by atoms with van der Waals surface area (Å²) < 4.78 is 5.80. The van der Waals surface area contributed by atoms with Crippen molar-refractivity contribution < 1.29 is 19.4 Å². The van der Waals surface area contributed by atoms with Gasteiger partial charge in [0.05, 0.1) is 11.6 Å². The number of hydrogen-bond acceptors (Lipinski definition) is 4. The van der Waals surface area contributed by atoms with Gasteiger partial charge in [0.2, 0.25) is 0 Å². The maximum Gasteiger partial charge on any atom is 0.322 e. The molecule has 0 aliphatic heterocycles. The molecule has 0 saturated heterocycles. The van der Waals surface area contributed by atoms with Crippen LogP contribution in [0.5, 0.6) is 5.75 Å². The summed E-state index contributed by atoms with van der Waals surface area (Å²) >= 11 is 4.55. The number of carboxylic acids is 1. The van der Waals surface area contributed by atoms with E-state index in [1.807, 2.05) is 6.92 Å². The average molecular weight is 308 g/mol. The summed E-state index contributed by atoms with van der Waals surface area (Å²) in [6.45, 7) is 1.43. The Kier molecular flexibility index (Phi) is 4.31. The van der Waals surface area contributed by atoms with Gasteiger partial charge in [0, 0.05) is 4.88 Å². The molecule has 1 aromatic heterocycles. The number of thiophene rings is 1. The number of carbonyl (C=O) groups is 2. The van der Waals surface area contributed by atoms with Gasteiger partial charge >= 0.3 is 5.97 Å². The molecule has 0 aromatic carbocycles. The van der Waals surface area contributed by atoms with E-state index >= 15 is 0 Å². The van der Waals surface area contributed by atoms with Crippen molar-refractivity contribution in [2.75, 3.05) is 13.7 Å². The second kappa shape index (κ2) is 5.31. The third-order valence-corrected chi connectivity index (χ3v) is 4.08. The molecule has 0 unspecified atom stereocenters. The first-order chi connectivity index (χ1) is 7.47. The van der Waals surface area contributed by atoms with Crippen molar-refractivity contribution in [2.24, 2.45) is 0 Å². The monoisotopic (exact) mass is 307 g/mol. The fourth-order valence-corrected chi connectivity index (χ4v) is 2.74. The van der Waals surface area contributed by atoms with Crippen LogP contribution in [-0.2, 0) is 4.79 Å². The number of halogens is 1. The van der Waals surface area contributed by atoms with Crippen LogP contribution in [0.25, 0.3) is 0 Å². The minimum atomic E-state index is -1.08. The number of nitrogens with one attached hydrogen (secondary N) is 1. The standard InChI is InChI=1S/C9H10BrNO4S/c1-4-6(10)7(15-2)8(16-4)9(14)11-3-5(12)13/h3H2,1-2H3,(H,11,14)(H,12,13). The first-order valence-electron chi connectivity index (χ1n) is 4.30. The Labute approximate surface area is 105 Å². The van der Waals surface area contributed by atoms with Gasteiger partial charge in [-0.05, 0) is 22.9 Å². The summed E-state index contributed by atoms with van der Waals surface area (Å²) in [6.07, 6.45) is 0. The third kappa shape index (κ3) is 2.73. The van der Waals surface area contributed by atoms with Crippen LogP contribution in [0.4, 0.5) is 0 Å². The van der Waals surface area contributed by atoms with Gasteiger partial charge in [0.25, 0.3) is 5.91 Å². The number of methoxy groups -OCH3 is 1. The topological polar surface area (TPSA) is 75.6 Å². The predicted octanol–water partition coefficient (Wildman–Crippen LogP) is 1.64. The van der Waals surface area contributed by atoms with Gasteiger partial charge in [0.1, 0.15) is 11.4 Å². The molecular formula is C9H10BrNO4S. The van der Waals surface area contributed by atoms with Crippen LogP contribution in [0.2, 0.25) is 0 Å². The molecule has 0 radical (unpaired) electrons. The molecule has 0 fully saturated rings. The predicted molar refractivity (Wildman–Crippen MR) is 63.3 cm³/mol. The van der Waals surface area contributed by atoms with Crippen molar-refractivity contribution in [2.45, 2.75) is 6.92 Å². The Morgan fingerprint density at radius 1 is 1.56 bits per heavy atom. The molecule has 1 amide bonds. The SMILES string of the molecule is COc1c(C(=O)NCC(=O)O)sc(C)c1Br. The highest BCUT2D eigenvalue weighted by Gasteiger charge is 2.20. The van der Waals surface area contributed by atoms with Crippen molar-refractivity contribution in [1.29, 1.82) is 0 Å². The maximum absolute atomic E-state index is 11.6. The van der Waals surface area contributed by atoms with E-state index in [2.05, 4.69) is 21.2 Å². The highest BCUT2D eigenvalue weighted by Crippen LogP contribution is 2.38. The number of rotatable bonds is 4. The van der Waals surface area contributed by atoms with E-state index in [1.54, 1.807) is 0 Å². The molecule has 0 saturated carbocycles. The molecule has 0 bridgehead atoms. The van der Waals surface area contributed by atoms with Crippen LogP contribution >= 0.6 is 27.3 Å². The Balaban J connectivity index is 2.91. The van der Waals surface area contributed by atoms with Crippen molar-refractivity contribution in [3.63, 3.8) is 0 Å². The highest BCUT2D eigenvalue weighted by atomic mass is 79.9. The number of aliphatic carboxylic acids is 1. The van der Waals surface area contributed by atoms with Crippen LogP contribution in [0.15, 0.2) is 4.47 Å². The summed E-state index contributed by atoms with van der Waals surface area (Å²) in [5.41, 5.74) is 0. The average Bonchev–Trinajstić information content (AvgIpc) is 2.52. The number of carboxylic acid groups (broad SMARTS) is 1. The van der Waals surface area contributed by atoms with Gasteiger partial charge in [-0.25, -0.2) is 0 Å². The lowest BCUT2D eigenvalue weighted by atomic mass is 10.3. The van der Waals surface area contributed by atoms with Gasteiger partial charge in [0.15, 0.2) is 5.75 Å². The van der Waals surface area contributed by atoms with Crippen molar-refractivity contribution in [3.05, 3.63) is 14.2 Å². The summed E-state index contributed by atoms with van der Waals surface area (Å²) in [5, 5.41) is 10.7. The van der Waals surface area contributed by atoms with Crippen LogP contribution in [0.3, 0.4) is 0 Å². The van der Waals surface area contributed by atoms with Gasteiger partial charge < -0.3 is 15.2 Å². The van der Waals surface area contributed by atoms with Gasteiger partial charge in [-0.1, -0.05) is 0 Å². The number of hydrogen-bond donors (Lipinski definition) is 2. The van der Waals surface area contributed by atoms with Crippen LogP contribution in [0, 0.1) is 6.92 Å². The zero-order valence-electron chi connectivity index (χ0n) is 8.67. The van der Waals surface area contributed by atoms with Crippen molar-refractivity contribution in [3.8, 4) is 5.75 Å². The summed E-state index contributed by atoms with van der Waals surface area (Å²) in [5.74, 6) is -1.09. The summed E-state index contributed by atoms with van der Waals surface area (Å²) in [7, 11) is 1.46. The molecule has 0 aliphatic carbocycles. The fraction of sp³-hybridized carbons (Fsp3) is 0.333. The molecule has 0 atom stereocenters. The zero-order chi connectivity index (χ0) is 12.3. The Bertz CT molecular complexity index is 429. The number of amides is 1. The Hall–Kier alpha value is -1.08. The molecule has 2 N–H and O–H groups in total. The lowest BCUT2D eigenvalue weighted by Crippen LogP contribution is -2.28. The van der Waals surface area contributed by atoms with Crippen LogP contribution < -0.4 is 10.1 Å². The molecule has 0 spiro atoms. The molecule has 1 heterocycles. The second-order valence-corrected chi connectivity index (χ2v) is 4.93. The largest absolute Gasteiger partial charge is 0.494 e. The first kappa shape index (κ1) is 13.0. The van der Waals surface area contributed by atoms with Crippen LogP contribution in [0.1, 0.15) is 14.5 Å². The number of aryl methyl sites for hydroxylation is 1.